The van der Waals surface area contributed by atoms with Crippen LogP contribution in [0.1, 0.15) is 25.0 Å². The zero-order valence-electron chi connectivity index (χ0n) is 7.64. The molecular weight excluding hydrogens is 150 g/mol. The zero-order valence-corrected chi connectivity index (χ0v) is 7.64. The zero-order chi connectivity index (χ0) is 8.65. The first-order valence-corrected chi connectivity index (χ1v) is 4.57. The summed E-state index contributed by atoms with van der Waals surface area (Å²) < 4.78 is 0. The molecule has 68 valence electrons. The average Bonchev–Trinajstić information content (AvgIpc) is 2.57. The van der Waals surface area contributed by atoms with Crippen molar-refractivity contribution in [3.8, 4) is 0 Å². The number of aryl methyl sites for hydroxylation is 1. The number of aromatic amines is 1. The van der Waals surface area contributed by atoms with Crippen molar-refractivity contribution >= 4 is 0 Å². The second-order valence-corrected chi connectivity index (χ2v) is 2.98. The van der Waals surface area contributed by atoms with Crippen LogP contribution >= 0.6 is 0 Å². The fourth-order valence-electron chi connectivity index (χ4n) is 1.21. The third kappa shape index (κ3) is 3.53. The third-order valence-electron chi connectivity index (χ3n) is 1.92. The average molecular weight is 167 g/mol. The Morgan fingerprint density at radius 1 is 1.42 bits per heavy atom. The van der Waals surface area contributed by atoms with Crippen LogP contribution < -0.4 is 5.32 Å². The van der Waals surface area contributed by atoms with E-state index in [9.17, 15) is 0 Å². The largest absolute Gasteiger partial charge is 0.320 e. The molecule has 0 spiro atoms. The molecule has 2 N–H and O–H groups in total. The summed E-state index contributed by atoms with van der Waals surface area (Å²) in [6.07, 6.45) is 6.78. The summed E-state index contributed by atoms with van der Waals surface area (Å²) in [5.74, 6) is 0. The molecule has 0 unspecified atom stereocenters. The highest BCUT2D eigenvalue weighted by Crippen LogP contribution is 2.01. The van der Waals surface area contributed by atoms with Crippen molar-refractivity contribution in [1.82, 2.24) is 15.5 Å². The number of hydrogen-bond donors (Lipinski definition) is 2. The summed E-state index contributed by atoms with van der Waals surface area (Å²) in [7, 11) is 1.99. The predicted octanol–water partition coefficient (Wildman–Crippen LogP) is 1.34. The Morgan fingerprint density at radius 2 is 2.33 bits per heavy atom. The van der Waals surface area contributed by atoms with E-state index >= 15 is 0 Å². The lowest BCUT2D eigenvalue weighted by Crippen LogP contribution is -2.07. The van der Waals surface area contributed by atoms with E-state index in [0.717, 1.165) is 13.0 Å². The van der Waals surface area contributed by atoms with Crippen molar-refractivity contribution in [2.45, 2.75) is 25.7 Å². The van der Waals surface area contributed by atoms with E-state index in [4.69, 9.17) is 0 Å². The van der Waals surface area contributed by atoms with Crippen LogP contribution in [-0.2, 0) is 6.42 Å². The van der Waals surface area contributed by atoms with Crippen molar-refractivity contribution in [3.63, 3.8) is 0 Å². The smallest absolute Gasteiger partial charge is 0.0622 e. The van der Waals surface area contributed by atoms with Gasteiger partial charge in [-0.1, -0.05) is 6.42 Å². The number of rotatable bonds is 6. The van der Waals surface area contributed by atoms with Crippen LogP contribution in [0.15, 0.2) is 12.3 Å². The number of unbranched alkanes of at least 4 members (excludes halogenated alkanes) is 2. The van der Waals surface area contributed by atoms with Crippen molar-refractivity contribution < 1.29 is 0 Å². The SMILES string of the molecule is CNCCCCCc1cc[nH]n1. The highest BCUT2D eigenvalue weighted by atomic mass is 15.1. The maximum Gasteiger partial charge on any atom is 0.0622 e. The summed E-state index contributed by atoms with van der Waals surface area (Å²) in [5.41, 5.74) is 1.18. The maximum atomic E-state index is 4.09. The summed E-state index contributed by atoms with van der Waals surface area (Å²) in [4.78, 5) is 0. The molecular formula is C9H17N3. The molecule has 0 radical (unpaired) electrons. The van der Waals surface area contributed by atoms with Crippen molar-refractivity contribution in [3.05, 3.63) is 18.0 Å². The normalized spacial score (nSPS) is 10.4. The first-order chi connectivity index (χ1) is 5.93. The van der Waals surface area contributed by atoms with Crippen LogP contribution in [0.4, 0.5) is 0 Å². The second-order valence-electron chi connectivity index (χ2n) is 2.98. The van der Waals surface area contributed by atoms with Gasteiger partial charge in [-0.3, -0.25) is 5.10 Å². The minimum atomic E-state index is 1.10. The Morgan fingerprint density at radius 3 is 3.00 bits per heavy atom. The van der Waals surface area contributed by atoms with Gasteiger partial charge in [-0.15, -0.1) is 0 Å². The summed E-state index contributed by atoms with van der Waals surface area (Å²) in [5, 5.41) is 10.1. The first kappa shape index (κ1) is 9.26. The van der Waals surface area contributed by atoms with Gasteiger partial charge in [0, 0.05) is 6.20 Å². The van der Waals surface area contributed by atoms with Crippen molar-refractivity contribution in [2.24, 2.45) is 0 Å². The summed E-state index contributed by atoms with van der Waals surface area (Å²) in [6.45, 7) is 1.13. The number of nitrogens with zero attached hydrogens (tertiary/aromatic N) is 1. The molecule has 12 heavy (non-hydrogen) atoms. The molecule has 1 heterocycles. The quantitative estimate of drug-likeness (QED) is 0.628. The van der Waals surface area contributed by atoms with Crippen LogP contribution in [0.5, 0.6) is 0 Å². The fourth-order valence-corrected chi connectivity index (χ4v) is 1.21. The molecule has 0 bridgehead atoms. The lowest BCUT2D eigenvalue weighted by molar-refractivity contribution is 0.637. The van der Waals surface area contributed by atoms with Gasteiger partial charge in [0.1, 0.15) is 0 Å². The molecule has 0 aliphatic rings. The van der Waals surface area contributed by atoms with E-state index in [1.807, 2.05) is 19.3 Å². The van der Waals surface area contributed by atoms with E-state index in [0.29, 0.717) is 0 Å². The Balaban J connectivity index is 1.96. The highest BCUT2D eigenvalue weighted by molar-refractivity contribution is 4.96. The topological polar surface area (TPSA) is 40.7 Å². The third-order valence-corrected chi connectivity index (χ3v) is 1.92. The molecule has 3 nitrogen and oxygen atoms in total. The van der Waals surface area contributed by atoms with Crippen LogP contribution in [-0.4, -0.2) is 23.8 Å². The molecule has 0 atom stereocenters. The first-order valence-electron chi connectivity index (χ1n) is 4.57. The van der Waals surface area contributed by atoms with Gasteiger partial charge < -0.3 is 5.32 Å². The van der Waals surface area contributed by atoms with Gasteiger partial charge in [0.25, 0.3) is 0 Å². The Labute approximate surface area is 73.6 Å². The monoisotopic (exact) mass is 167 g/mol. The highest BCUT2D eigenvalue weighted by Gasteiger charge is 1.93. The molecule has 0 amide bonds. The maximum absolute atomic E-state index is 4.09. The van der Waals surface area contributed by atoms with Gasteiger partial charge >= 0.3 is 0 Å². The number of nitrogens with one attached hydrogen (secondary N) is 2. The summed E-state index contributed by atoms with van der Waals surface area (Å²) in [6, 6.07) is 2.04. The van der Waals surface area contributed by atoms with Crippen molar-refractivity contribution in [1.29, 1.82) is 0 Å². The number of H-pyrrole nitrogens is 1. The summed E-state index contributed by atoms with van der Waals surface area (Å²) >= 11 is 0. The standard InChI is InChI=1S/C9H17N3/c1-10-7-4-2-3-5-9-6-8-11-12-9/h6,8,10H,2-5,7H2,1H3,(H,11,12). The fraction of sp³-hybridized carbons (Fsp3) is 0.667. The van der Waals surface area contributed by atoms with Crippen LogP contribution in [0, 0.1) is 0 Å². The molecule has 0 fully saturated rings. The van der Waals surface area contributed by atoms with Gasteiger partial charge in [0.05, 0.1) is 5.69 Å². The molecule has 1 aromatic rings. The number of aromatic nitrogens is 2. The van der Waals surface area contributed by atoms with Gasteiger partial charge in [0.2, 0.25) is 0 Å². The van der Waals surface area contributed by atoms with Gasteiger partial charge in [0.15, 0.2) is 0 Å². The molecule has 0 aliphatic carbocycles. The van der Waals surface area contributed by atoms with Crippen LogP contribution in [0.2, 0.25) is 0 Å². The van der Waals surface area contributed by atoms with E-state index in [1.165, 1.54) is 25.0 Å². The van der Waals surface area contributed by atoms with E-state index in [1.54, 1.807) is 0 Å². The lowest BCUT2D eigenvalue weighted by Gasteiger charge is -1.98. The van der Waals surface area contributed by atoms with Crippen molar-refractivity contribution in [2.75, 3.05) is 13.6 Å². The lowest BCUT2D eigenvalue weighted by atomic mass is 10.1. The van der Waals surface area contributed by atoms with E-state index in [-0.39, 0.29) is 0 Å². The van der Waals surface area contributed by atoms with Gasteiger partial charge in [-0.05, 0) is 38.9 Å². The minimum Gasteiger partial charge on any atom is -0.320 e. The van der Waals surface area contributed by atoms with E-state index in [2.05, 4.69) is 15.5 Å². The van der Waals surface area contributed by atoms with Gasteiger partial charge in [-0.25, -0.2) is 0 Å². The van der Waals surface area contributed by atoms with Crippen LogP contribution in [0.25, 0.3) is 0 Å². The Kier molecular flexibility index (Phi) is 4.46. The molecule has 1 rings (SSSR count). The molecule has 0 aromatic carbocycles. The molecule has 0 saturated carbocycles. The van der Waals surface area contributed by atoms with Gasteiger partial charge in [-0.2, -0.15) is 5.10 Å². The molecule has 0 saturated heterocycles. The minimum absolute atomic E-state index is 1.10. The Bertz CT molecular complexity index is 182. The number of hydrogen-bond acceptors (Lipinski definition) is 2. The Hall–Kier alpha value is -0.830. The molecule has 1 aromatic heterocycles. The predicted molar refractivity (Wildman–Crippen MR) is 50.1 cm³/mol. The molecule has 0 aliphatic heterocycles. The molecule has 3 heteroatoms. The van der Waals surface area contributed by atoms with Crippen LogP contribution in [0.3, 0.4) is 0 Å². The van der Waals surface area contributed by atoms with E-state index < -0.39 is 0 Å². The second kappa shape index (κ2) is 5.77.